The summed E-state index contributed by atoms with van der Waals surface area (Å²) in [6.45, 7) is 5.02. The number of benzene rings is 2. The monoisotopic (exact) mass is 459 g/mol. The van der Waals surface area contributed by atoms with Crippen LogP contribution in [-0.2, 0) is 21.2 Å². The molecule has 0 saturated carbocycles. The summed E-state index contributed by atoms with van der Waals surface area (Å²) in [4.78, 5) is 4.74. The first-order chi connectivity index (χ1) is 15.5. The minimum atomic E-state index is -3.71. The highest BCUT2D eigenvalue weighted by Crippen LogP contribution is 2.33. The molecular weight excluding hydrogens is 430 g/mol. The first-order valence-electron chi connectivity index (χ1n) is 11.1. The third-order valence-corrected chi connectivity index (χ3v) is 7.81. The Morgan fingerprint density at radius 2 is 1.75 bits per heavy atom. The Bertz CT molecular complexity index is 1090. The Balaban J connectivity index is 1.38. The number of fused-ring (bicyclic) bond motifs is 2. The number of sulfonamides is 1. The molecule has 3 heterocycles. The number of nitrogens with one attached hydrogen (secondary N) is 1. The van der Waals surface area contributed by atoms with Crippen LogP contribution >= 0.6 is 0 Å². The van der Waals surface area contributed by atoms with E-state index in [0.29, 0.717) is 37.9 Å². The summed E-state index contributed by atoms with van der Waals surface area (Å²) < 4.78 is 45.7. The van der Waals surface area contributed by atoms with Crippen molar-refractivity contribution in [2.24, 2.45) is 0 Å². The van der Waals surface area contributed by atoms with E-state index in [9.17, 15) is 8.42 Å². The van der Waals surface area contributed by atoms with Gasteiger partial charge in [-0.2, -0.15) is 0 Å². The van der Waals surface area contributed by atoms with Gasteiger partial charge in [0.1, 0.15) is 13.2 Å². The number of hydrogen-bond donors (Lipinski definition) is 1. The van der Waals surface area contributed by atoms with Crippen molar-refractivity contribution in [3.8, 4) is 11.5 Å². The van der Waals surface area contributed by atoms with Crippen LogP contribution in [0.3, 0.4) is 0 Å². The van der Waals surface area contributed by atoms with Crippen molar-refractivity contribution in [3.05, 3.63) is 47.5 Å². The van der Waals surface area contributed by atoms with Gasteiger partial charge in [-0.15, -0.1) is 0 Å². The van der Waals surface area contributed by atoms with Crippen molar-refractivity contribution >= 4 is 15.7 Å². The molecule has 1 fully saturated rings. The van der Waals surface area contributed by atoms with Gasteiger partial charge in [0, 0.05) is 51.0 Å². The van der Waals surface area contributed by atoms with Crippen LogP contribution in [0, 0.1) is 0 Å². The van der Waals surface area contributed by atoms with E-state index in [1.165, 1.54) is 17.3 Å². The summed E-state index contributed by atoms with van der Waals surface area (Å²) in [5.74, 6) is 1.04. The van der Waals surface area contributed by atoms with Gasteiger partial charge in [-0.1, -0.05) is 12.1 Å². The van der Waals surface area contributed by atoms with E-state index in [2.05, 4.69) is 39.8 Å². The van der Waals surface area contributed by atoms with Crippen molar-refractivity contribution in [1.82, 2.24) is 9.62 Å². The number of anilines is 1. The van der Waals surface area contributed by atoms with Crippen LogP contribution in [-0.4, -0.2) is 73.0 Å². The maximum absolute atomic E-state index is 13.1. The lowest BCUT2D eigenvalue weighted by molar-refractivity contribution is 0.0172. The predicted molar refractivity (Wildman–Crippen MR) is 121 cm³/mol. The van der Waals surface area contributed by atoms with Gasteiger partial charge in [-0.05, 0) is 35.7 Å². The normalized spacial score (nSPS) is 19.6. The van der Waals surface area contributed by atoms with E-state index < -0.39 is 10.0 Å². The van der Waals surface area contributed by atoms with Crippen LogP contribution in [0.5, 0.6) is 11.5 Å². The zero-order chi connectivity index (χ0) is 22.1. The Kier molecular flexibility index (Phi) is 5.98. The zero-order valence-corrected chi connectivity index (χ0v) is 19.1. The molecule has 5 rings (SSSR count). The zero-order valence-electron chi connectivity index (χ0n) is 18.2. The van der Waals surface area contributed by atoms with Crippen molar-refractivity contribution in [2.45, 2.75) is 17.4 Å². The smallest absolute Gasteiger partial charge is 0.240 e. The molecule has 2 aromatic carbocycles. The van der Waals surface area contributed by atoms with Crippen LogP contribution in [0.4, 0.5) is 5.69 Å². The Morgan fingerprint density at radius 1 is 0.969 bits per heavy atom. The third kappa shape index (κ3) is 4.30. The highest BCUT2D eigenvalue weighted by Gasteiger charge is 2.27. The average Bonchev–Trinajstić information content (AvgIpc) is 3.19. The highest BCUT2D eigenvalue weighted by atomic mass is 32.2. The third-order valence-electron chi connectivity index (χ3n) is 6.39. The summed E-state index contributed by atoms with van der Waals surface area (Å²) in [7, 11) is -1.60. The summed E-state index contributed by atoms with van der Waals surface area (Å²) in [6, 6.07) is 11.2. The fourth-order valence-corrected chi connectivity index (χ4v) is 5.66. The SMILES string of the molecule is CN1CCc2cc(C(CNS(=O)(=O)c3ccc4c(c3)OCCO4)N3CCOCC3)ccc21. The summed E-state index contributed by atoms with van der Waals surface area (Å²) in [5, 5.41) is 0. The van der Waals surface area contributed by atoms with E-state index in [1.54, 1.807) is 12.1 Å². The number of rotatable bonds is 6. The highest BCUT2D eigenvalue weighted by molar-refractivity contribution is 7.89. The quantitative estimate of drug-likeness (QED) is 0.706. The summed E-state index contributed by atoms with van der Waals surface area (Å²) >= 11 is 0. The van der Waals surface area contributed by atoms with Gasteiger partial charge in [0.15, 0.2) is 11.5 Å². The molecule has 3 aliphatic heterocycles. The standard InChI is InChI=1S/C23H29N3O5S/c1-25-7-6-18-14-17(2-4-20(18)25)21(26-8-10-29-11-9-26)16-24-32(27,28)19-3-5-22-23(15-19)31-13-12-30-22/h2-5,14-15,21,24H,6-13,16H2,1H3. The Labute approximate surface area is 189 Å². The second-order valence-corrected chi connectivity index (χ2v) is 10.1. The van der Waals surface area contributed by atoms with Crippen molar-refractivity contribution in [3.63, 3.8) is 0 Å². The fourth-order valence-electron chi connectivity index (χ4n) is 4.60. The van der Waals surface area contributed by atoms with Crippen LogP contribution in [0.25, 0.3) is 0 Å². The van der Waals surface area contributed by atoms with Gasteiger partial charge in [0.25, 0.3) is 0 Å². The Hall–Kier alpha value is -2.33. The number of morpholine rings is 1. The molecule has 0 bridgehead atoms. The molecule has 0 aromatic heterocycles. The van der Waals surface area contributed by atoms with Gasteiger partial charge < -0.3 is 19.1 Å². The molecule has 172 valence electrons. The second kappa shape index (κ2) is 8.90. The maximum Gasteiger partial charge on any atom is 0.240 e. The van der Waals surface area contributed by atoms with Crippen molar-refractivity contribution in [2.75, 3.05) is 64.6 Å². The molecule has 1 atom stereocenters. The molecule has 2 aromatic rings. The lowest BCUT2D eigenvalue weighted by atomic mass is 10.0. The molecule has 0 radical (unpaired) electrons. The number of ether oxygens (including phenoxy) is 3. The van der Waals surface area contributed by atoms with Crippen LogP contribution < -0.4 is 19.1 Å². The van der Waals surface area contributed by atoms with E-state index in [0.717, 1.165) is 31.6 Å². The molecule has 1 saturated heterocycles. The molecule has 0 aliphatic carbocycles. The number of nitrogens with zero attached hydrogens (tertiary/aromatic N) is 2. The molecule has 1 N–H and O–H groups in total. The topological polar surface area (TPSA) is 80.3 Å². The lowest BCUT2D eigenvalue weighted by Gasteiger charge is -2.35. The molecule has 9 heteroatoms. The summed E-state index contributed by atoms with van der Waals surface area (Å²) in [6.07, 6.45) is 1.01. The molecular formula is C23H29N3O5S. The van der Waals surface area contributed by atoms with E-state index >= 15 is 0 Å². The number of likely N-dealkylation sites (N-methyl/N-ethyl adjacent to an activating group) is 1. The molecule has 0 spiro atoms. The van der Waals surface area contributed by atoms with Gasteiger partial charge in [-0.3, -0.25) is 4.90 Å². The van der Waals surface area contributed by atoms with E-state index in [-0.39, 0.29) is 17.5 Å². The van der Waals surface area contributed by atoms with E-state index in [4.69, 9.17) is 14.2 Å². The minimum Gasteiger partial charge on any atom is -0.486 e. The predicted octanol–water partition coefficient (Wildman–Crippen LogP) is 1.80. The minimum absolute atomic E-state index is 0.0675. The van der Waals surface area contributed by atoms with Crippen molar-refractivity contribution < 1.29 is 22.6 Å². The summed E-state index contributed by atoms with van der Waals surface area (Å²) in [5.41, 5.74) is 3.70. The molecule has 3 aliphatic rings. The molecule has 1 unspecified atom stereocenters. The lowest BCUT2D eigenvalue weighted by Crippen LogP contribution is -2.43. The van der Waals surface area contributed by atoms with Gasteiger partial charge >= 0.3 is 0 Å². The maximum atomic E-state index is 13.1. The first-order valence-corrected chi connectivity index (χ1v) is 12.5. The molecule has 8 nitrogen and oxygen atoms in total. The van der Waals surface area contributed by atoms with Gasteiger partial charge in [0.2, 0.25) is 10.0 Å². The van der Waals surface area contributed by atoms with E-state index in [1.807, 2.05) is 0 Å². The van der Waals surface area contributed by atoms with Crippen LogP contribution in [0.15, 0.2) is 41.3 Å². The van der Waals surface area contributed by atoms with Gasteiger partial charge in [0.05, 0.1) is 18.1 Å². The largest absolute Gasteiger partial charge is 0.486 e. The molecule has 0 amide bonds. The second-order valence-electron chi connectivity index (χ2n) is 8.38. The first kappa shape index (κ1) is 21.5. The average molecular weight is 460 g/mol. The van der Waals surface area contributed by atoms with Crippen molar-refractivity contribution in [1.29, 1.82) is 0 Å². The Morgan fingerprint density at radius 3 is 2.56 bits per heavy atom. The fraction of sp³-hybridized carbons (Fsp3) is 0.478. The van der Waals surface area contributed by atoms with Crippen LogP contribution in [0.2, 0.25) is 0 Å². The van der Waals surface area contributed by atoms with Gasteiger partial charge in [-0.25, -0.2) is 13.1 Å². The van der Waals surface area contributed by atoms with Crippen LogP contribution in [0.1, 0.15) is 17.2 Å². The molecule has 32 heavy (non-hydrogen) atoms. The number of hydrogen-bond acceptors (Lipinski definition) is 7.